The zero-order valence-electron chi connectivity index (χ0n) is 14.8. The maximum atomic E-state index is 12.3. The quantitative estimate of drug-likeness (QED) is 0.499. The maximum Gasteiger partial charge on any atom is 0.363 e. The average molecular weight is 378 g/mol. The summed E-state index contributed by atoms with van der Waals surface area (Å²) in [4.78, 5) is 16.6. The molecular formula is C21H16ClN3O2. The Labute approximate surface area is 161 Å². The van der Waals surface area contributed by atoms with Gasteiger partial charge in [-0.1, -0.05) is 47.5 Å². The third kappa shape index (κ3) is 3.29. The van der Waals surface area contributed by atoms with Gasteiger partial charge in [-0.3, -0.25) is 0 Å². The number of cyclic esters (lactones) is 1. The number of carbonyl (C=O) groups is 1. The number of para-hydroxylation sites is 1. The molecule has 6 heteroatoms. The molecule has 0 saturated carbocycles. The second-order valence-corrected chi connectivity index (χ2v) is 6.60. The highest BCUT2D eigenvalue weighted by atomic mass is 35.5. The first kappa shape index (κ1) is 17.2. The van der Waals surface area contributed by atoms with E-state index in [2.05, 4.69) is 10.1 Å². The van der Waals surface area contributed by atoms with E-state index in [1.807, 2.05) is 68.4 Å². The maximum absolute atomic E-state index is 12.3. The molecule has 2 aromatic carbocycles. The van der Waals surface area contributed by atoms with Gasteiger partial charge in [-0.05, 0) is 44.2 Å². The van der Waals surface area contributed by atoms with Crippen LogP contribution in [0.5, 0.6) is 0 Å². The monoisotopic (exact) mass is 377 g/mol. The van der Waals surface area contributed by atoms with Crippen LogP contribution in [0, 0.1) is 13.8 Å². The Morgan fingerprint density at radius 3 is 2.44 bits per heavy atom. The van der Waals surface area contributed by atoms with Gasteiger partial charge < -0.3 is 4.74 Å². The van der Waals surface area contributed by atoms with E-state index in [9.17, 15) is 4.79 Å². The Morgan fingerprint density at radius 2 is 1.74 bits per heavy atom. The Kier molecular flexibility index (Phi) is 4.38. The molecule has 134 valence electrons. The number of rotatable bonds is 3. The van der Waals surface area contributed by atoms with Gasteiger partial charge in [0, 0.05) is 11.1 Å². The lowest BCUT2D eigenvalue weighted by atomic mass is 10.1. The van der Waals surface area contributed by atoms with Gasteiger partial charge in [0.1, 0.15) is 5.15 Å². The van der Waals surface area contributed by atoms with Gasteiger partial charge in [-0.25, -0.2) is 14.5 Å². The van der Waals surface area contributed by atoms with Crippen molar-refractivity contribution >= 4 is 29.5 Å². The van der Waals surface area contributed by atoms with Crippen LogP contribution in [0.3, 0.4) is 0 Å². The summed E-state index contributed by atoms with van der Waals surface area (Å²) in [5, 5.41) is 4.89. The molecule has 0 aliphatic carbocycles. The summed E-state index contributed by atoms with van der Waals surface area (Å²) >= 11 is 6.52. The minimum Gasteiger partial charge on any atom is -0.402 e. The van der Waals surface area contributed by atoms with Crippen molar-refractivity contribution in [1.82, 2.24) is 9.78 Å². The molecule has 1 aliphatic heterocycles. The number of aryl methyl sites for hydroxylation is 2. The predicted octanol–water partition coefficient (Wildman–Crippen LogP) is 4.49. The number of hydrogen-bond donors (Lipinski definition) is 0. The van der Waals surface area contributed by atoms with Crippen molar-refractivity contribution < 1.29 is 9.53 Å². The summed E-state index contributed by atoms with van der Waals surface area (Å²) in [5.74, 6) is -0.219. The van der Waals surface area contributed by atoms with Crippen molar-refractivity contribution in [3.05, 3.63) is 87.8 Å². The van der Waals surface area contributed by atoms with E-state index in [1.54, 1.807) is 10.8 Å². The SMILES string of the molecule is Cc1ccc(C2=N/C(=C\c3c(C)nn(-c4ccccc4)c3Cl)C(=O)O2)cc1. The first-order valence-electron chi connectivity index (χ1n) is 8.43. The Bertz CT molecular complexity index is 1080. The van der Waals surface area contributed by atoms with Crippen molar-refractivity contribution in [1.29, 1.82) is 0 Å². The summed E-state index contributed by atoms with van der Waals surface area (Å²) in [5.41, 5.74) is 4.25. The highest BCUT2D eigenvalue weighted by Crippen LogP contribution is 2.27. The van der Waals surface area contributed by atoms with Crippen molar-refractivity contribution in [2.75, 3.05) is 0 Å². The molecule has 0 bridgehead atoms. The van der Waals surface area contributed by atoms with Gasteiger partial charge in [-0.2, -0.15) is 5.10 Å². The van der Waals surface area contributed by atoms with E-state index in [0.717, 1.165) is 16.8 Å². The van der Waals surface area contributed by atoms with E-state index in [4.69, 9.17) is 16.3 Å². The van der Waals surface area contributed by atoms with Crippen LogP contribution in [0.4, 0.5) is 0 Å². The molecule has 0 atom stereocenters. The van der Waals surface area contributed by atoms with E-state index in [1.165, 1.54) is 0 Å². The standard InChI is InChI=1S/C21H16ClN3O2/c1-13-8-10-15(11-9-13)20-23-18(21(26)27-20)12-17-14(2)24-25(19(17)22)16-6-4-3-5-7-16/h3-12H,1-2H3/b18-12-. The molecule has 4 rings (SSSR count). The number of hydrogen-bond acceptors (Lipinski definition) is 4. The second-order valence-electron chi connectivity index (χ2n) is 6.24. The minimum absolute atomic E-state index is 0.197. The zero-order valence-corrected chi connectivity index (χ0v) is 15.6. The molecule has 1 aromatic heterocycles. The molecule has 0 unspecified atom stereocenters. The molecule has 0 saturated heterocycles. The molecule has 3 aromatic rings. The normalized spacial score (nSPS) is 15.1. The molecule has 5 nitrogen and oxygen atoms in total. The molecule has 0 fully saturated rings. The van der Waals surface area contributed by atoms with E-state index in [-0.39, 0.29) is 11.6 Å². The zero-order chi connectivity index (χ0) is 19.0. The minimum atomic E-state index is -0.506. The molecule has 1 aliphatic rings. The highest BCUT2D eigenvalue weighted by Gasteiger charge is 2.25. The fourth-order valence-electron chi connectivity index (χ4n) is 2.78. The summed E-state index contributed by atoms with van der Waals surface area (Å²) in [7, 11) is 0. The average Bonchev–Trinajstić information content (AvgIpc) is 3.18. The fourth-order valence-corrected chi connectivity index (χ4v) is 3.11. The molecule has 2 heterocycles. The first-order valence-corrected chi connectivity index (χ1v) is 8.81. The van der Waals surface area contributed by atoms with Crippen LogP contribution in [-0.2, 0) is 9.53 Å². The van der Waals surface area contributed by atoms with Crippen molar-refractivity contribution in [3.8, 4) is 5.69 Å². The number of benzene rings is 2. The van der Waals surface area contributed by atoms with Crippen molar-refractivity contribution in [2.24, 2.45) is 4.99 Å². The lowest BCUT2D eigenvalue weighted by Crippen LogP contribution is -2.05. The van der Waals surface area contributed by atoms with Crippen LogP contribution in [0.1, 0.15) is 22.4 Å². The number of aliphatic imine (C=N–C) groups is 1. The number of ether oxygens (including phenoxy) is 1. The molecule has 0 amide bonds. The third-order valence-electron chi connectivity index (χ3n) is 4.25. The van der Waals surface area contributed by atoms with Crippen LogP contribution >= 0.6 is 11.6 Å². The summed E-state index contributed by atoms with van der Waals surface area (Å²) in [6.07, 6.45) is 1.62. The van der Waals surface area contributed by atoms with Crippen LogP contribution in [0.15, 0.2) is 65.3 Å². The van der Waals surface area contributed by atoms with E-state index < -0.39 is 5.97 Å². The lowest BCUT2D eigenvalue weighted by molar-refractivity contribution is -0.129. The molecule has 0 spiro atoms. The number of carbonyl (C=O) groups excluding carboxylic acids is 1. The smallest absolute Gasteiger partial charge is 0.363 e. The third-order valence-corrected chi connectivity index (χ3v) is 4.61. The molecular weight excluding hydrogens is 362 g/mol. The van der Waals surface area contributed by atoms with Crippen LogP contribution in [0.25, 0.3) is 11.8 Å². The largest absolute Gasteiger partial charge is 0.402 e. The van der Waals surface area contributed by atoms with E-state index >= 15 is 0 Å². The van der Waals surface area contributed by atoms with Crippen LogP contribution in [0.2, 0.25) is 5.15 Å². The number of esters is 1. The fraction of sp³-hybridized carbons (Fsp3) is 0.0952. The molecule has 0 radical (unpaired) electrons. The Morgan fingerprint density at radius 1 is 1.04 bits per heavy atom. The van der Waals surface area contributed by atoms with Gasteiger partial charge >= 0.3 is 5.97 Å². The van der Waals surface area contributed by atoms with Crippen LogP contribution in [-0.4, -0.2) is 21.6 Å². The highest BCUT2D eigenvalue weighted by molar-refractivity contribution is 6.31. The topological polar surface area (TPSA) is 56.5 Å². The predicted molar refractivity (Wildman–Crippen MR) is 105 cm³/mol. The second kappa shape index (κ2) is 6.85. The van der Waals surface area contributed by atoms with Crippen molar-refractivity contribution in [3.63, 3.8) is 0 Å². The molecule has 0 N–H and O–H groups in total. The van der Waals surface area contributed by atoms with Gasteiger partial charge in [0.2, 0.25) is 5.90 Å². The Balaban J connectivity index is 1.72. The van der Waals surface area contributed by atoms with Crippen molar-refractivity contribution in [2.45, 2.75) is 13.8 Å². The number of aromatic nitrogens is 2. The van der Waals surface area contributed by atoms with Gasteiger partial charge in [0.05, 0.1) is 11.4 Å². The summed E-state index contributed by atoms with van der Waals surface area (Å²) in [6.45, 7) is 3.83. The van der Waals surface area contributed by atoms with Gasteiger partial charge in [-0.15, -0.1) is 0 Å². The van der Waals surface area contributed by atoms with Crippen LogP contribution < -0.4 is 0 Å². The lowest BCUT2D eigenvalue weighted by Gasteiger charge is -2.01. The van der Waals surface area contributed by atoms with Gasteiger partial charge in [0.25, 0.3) is 0 Å². The van der Waals surface area contributed by atoms with Gasteiger partial charge in [0.15, 0.2) is 5.70 Å². The molecule has 27 heavy (non-hydrogen) atoms. The number of halogens is 1. The first-order chi connectivity index (χ1) is 13.0. The summed E-state index contributed by atoms with van der Waals surface area (Å²) < 4.78 is 6.95. The Hall–Kier alpha value is -3.18. The summed E-state index contributed by atoms with van der Waals surface area (Å²) in [6, 6.07) is 17.2. The number of nitrogens with zero attached hydrogens (tertiary/aromatic N) is 3. The van der Waals surface area contributed by atoms with E-state index in [0.29, 0.717) is 16.4 Å².